The largest absolute Gasteiger partial charge is 0.481 e. The smallest absolute Gasteiger partial charge is 0.315 e. The molecule has 0 aromatic rings. The topological polar surface area (TPSA) is 81.7 Å². The summed E-state index contributed by atoms with van der Waals surface area (Å²) in [6.07, 6.45) is 3.40. The van der Waals surface area contributed by atoms with Crippen LogP contribution in [0.1, 0.15) is 32.6 Å². The van der Waals surface area contributed by atoms with Crippen molar-refractivity contribution >= 4 is 12.0 Å². The van der Waals surface area contributed by atoms with Crippen molar-refractivity contribution in [1.29, 1.82) is 0 Å². The molecule has 1 aliphatic rings. The third-order valence-corrected chi connectivity index (χ3v) is 3.48. The van der Waals surface area contributed by atoms with Gasteiger partial charge in [-0.25, -0.2) is 4.79 Å². The van der Waals surface area contributed by atoms with E-state index in [1.165, 1.54) is 0 Å². The lowest BCUT2D eigenvalue weighted by atomic mass is 10.1. The van der Waals surface area contributed by atoms with Crippen molar-refractivity contribution in [3.8, 4) is 0 Å². The van der Waals surface area contributed by atoms with Crippen LogP contribution in [0, 0.1) is 5.92 Å². The Hall–Kier alpha value is -1.30. The quantitative estimate of drug-likeness (QED) is 0.626. The van der Waals surface area contributed by atoms with E-state index in [9.17, 15) is 9.59 Å². The zero-order valence-electron chi connectivity index (χ0n) is 11.8. The summed E-state index contributed by atoms with van der Waals surface area (Å²) in [5.41, 5.74) is 0. The predicted octanol–water partition coefficient (Wildman–Crippen LogP) is 0.881. The Kier molecular flexibility index (Phi) is 6.62. The number of likely N-dealkylation sites (N-methyl/N-ethyl adjacent to an activating group) is 1. The highest BCUT2D eigenvalue weighted by Crippen LogP contribution is 2.07. The average Bonchev–Trinajstić information content (AvgIpc) is 2.34. The molecule has 19 heavy (non-hydrogen) atoms. The first kappa shape index (κ1) is 15.8. The van der Waals surface area contributed by atoms with Crippen LogP contribution in [-0.2, 0) is 4.79 Å². The molecule has 1 rings (SSSR count). The van der Waals surface area contributed by atoms with Crippen LogP contribution in [-0.4, -0.2) is 54.7 Å². The Morgan fingerprint density at radius 3 is 2.84 bits per heavy atom. The second-order valence-corrected chi connectivity index (χ2v) is 5.38. The molecule has 0 aliphatic carbocycles. The van der Waals surface area contributed by atoms with Crippen LogP contribution in [0.2, 0.25) is 0 Å². The van der Waals surface area contributed by atoms with E-state index in [-0.39, 0.29) is 18.0 Å². The zero-order chi connectivity index (χ0) is 14.3. The Balaban J connectivity index is 2.09. The lowest BCUT2D eigenvalue weighted by molar-refractivity contribution is -0.141. The summed E-state index contributed by atoms with van der Waals surface area (Å²) in [6, 6.07) is 0.0694. The van der Waals surface area contributed by atoms with Gasteiger partial charge in [0, 0.05) is 19.1 Å². The lowest BCUT2D eigenvalue weighted by Crippen LogP contribution is -2.49. The molecular formula is C13H25N3O3. The first-order chi connectivity index (χ1) is 8.99. The van der Waals surface area contributed by atoms with Crippen molar-refractivity contribution in [3.63, 3.8) is 0 Å². The molecule has 2 atom stereocenters. The number of urea groups is 1. The van der Waals surface area contributed by atoms with Gasteiger partial charge in [-0.1, -0.05) is 6.92 Å². The first-order valence-corrected chi connectivity index (χ1v) is 6.94. The van der Waals surface area contributed by atoms with Gasteiger partial charge in [-0.05, 0) is 39.3 Å². The van der Waals surface area contributed by atoms with Crippen LogP contribution < -0.4 is 10.6 Å². The van der Waals surface area contributed by atoms with Gasteiger partial charge in [0.05, 0.1) is 5.92 Å². The van der Waals surface area contributed by atoms with E-state index in [1.54, 1.807) is 6.92 Å². The van der Waals surface area contributed by atoms with Gasteiger partial charge in [0.15, 0.2) is 0 Å². The van der Waals surface area contributed by atoms with E-state index in [0.717, 1.165) is 25.9 Å². The van der Waals surface area contributed by atoms with Crippen molar-refractivity contribution < 1.29 is 14.7 Å². The summed E-state index contributed by atoms with van der Waals surface area (Å²) in [5.74, 6) is -1.13. The molecule has 3 N–H and O–H groups in total. The molecule has 6 nitrogen and oxygen atoms in total. The minimum atomic E-state index is -0.783. The summed E-state index contributed by atoms with van der Waals surface area (Å²) < 4.78 is 0. The van der Waals surface area contributed by atoms with Crippen LogP contribution in [0.25, 0.3) is 0 Å². The monoisotopic (exact) mass is 271 g/mol. The number of carboxylic acids is 1. The fraction of sp³-hybridized carbons (Fsp3) is 0.846. The van der Waals surface area contributed by atoms with Crippen LogP contribution in [0.15, 0.2) is 0 Å². The second-order valence-electron chi connectivity index (χ2n) is 5.38. The number of nitrogens with one attached hydrogen (secondary N) is 2. The first-order valence-electron chi connectivity index (χ1n) is 6.94. The normalized spacial score (nSPS) is 21.7. The number of amides is 2. The molecule has 1 fully saturated rings. The third kappa shape index (κ3) is 6.42. The molecule has 0 bridgehead atoms. The molecule has 6 heteroatoms. The number of piperidine rings is 1. The Labute approximate surface area is 114 Å². The predicted molar refractivity (Wildman–Crippen MR) is 73.1 cm³/mol. The van der Waals surface area contributed by atoms with Gasteiger partial charge < -0.3 is 20.6 Å². The minimum Gasteiger partial charge on any atom is -0.481 e. The number of carboxylic acid groups (broad SMARTS) is 1. The molecule has 110 valence electrons. The third-order valence-electron chi connectivity index (χ3n) is 3.48. The highest BCUT2D eigenvalue weighted by atomic mass is 16.4. The SMILES string of the molecule is CC(CCCNC(=O)NC1CCCN(C)C1)C(=O)O. The van der Waals surface area contributed by atoms with Gasteiger partial charge in [0.2, 0.25) is 0 Å². The standard InChI is InChI=1S/C13H25N3O3/c1-10(12(17)18)5-3-7-14-13(19)15-11-6-4-8-16(2)9-11/h10-11H,3-9H2,1-2H3,(H,17,18)(H2,14,15,19). The summed E-state index contributed by atoms with van der Waals surface area (Å²) in [6.45, 7) is 4.18. The van der Waals surface area contributed by atoms with E-state index in [0.29, 0.717) is 19.4 Å². The molecule has 1 aliphatic heterocycles. The summed E-state index contributed by atoms with van der Waals surface area (Å²) in [5, 5.41) is 14.5. The molecule has 1 saturated heterocycles. The molecule has 0 radical (unpaired) electrons. The number of hydrogen-bond acceptors (Lipinski definition) is 3. The number of nitrogens with zero attached hydrogens (tertiary/aromatic N) is 1. The molecular weight excluding hydrogens is 246 g/mol. The molecule has 2 amide bonds. The number of rotatable bonds is 6. The van der Waals surface area contributed by atoms with E-state index in [1.807, 2.05) is 0 Å². The number of carbonyl (C=O) groups excluding carboxylic acids is 1. The van der Waals surface area contributed by atoms with Crippen LogP contribution in [0.3, 0.4) is 0 Å². The summed E-state index contributed by atoms with van der Waals surface area (Å²) in [7, 11) is 2.05. The van der Waals surface area contributed by atoms with Gasteiger partial charge >= 0.3 is 12.0 Å². The number of carbonyl (C=O) groups is 2. The van der Waals surface area contributed by atoms with Crippen LogP contribution in [0.5, 0.6) is 0 Å². The van der Waals surface area contributed by atoms with Crippen molar-refractivity contribution in [2.75, 3.05) is 26.7 Å². The fourth-order valence-electron chi connectivity index (χ4n) is 2.25. The van der Waals surface area contributed by atoms with Crippen molar-refractivity contribution in [2.45, 2.75) is 38.6 Å². The van der Waals surface area contributed by atoms with Crippen LogP contribution >= 0.6 is 0 Å². The van der Waals surface area contributed by atoms with Gasteiger partial charge in [-0.3, -0.25) is 4.79 Å². The zero-order valence-corrected chi connectivity index (χ0v) is 11.8. The highest BCUT2D eigenvalue weighted by molar-refractivity contribution is 5.74. The van der Waals surface area contributed by atoms with E-state index in [4.69, 9.17) is 5.11 Å². The molecule has 0 aromatic heterocycles. The number of likely N-dealkylation sites (tertiary alicyclic amines) is 1. The molecule has 0 aromatic carbocycles. The maximum absolute atomic E-state index is 11.6. The average molecular weight is 271 g/mol. The molecule has 0 spiro atoms. The second kappa shape index (κ2) is 7.99. The number of hydrogen-bond donors (Lipinski definition) is 3. The van der Waals surface area contributed by atoms with Gasteiger partial charge in [0.1, 0.15) is 0 Å². The fourth-order valence-corrected chi connectivity index (χ4v) is 2.25. The highest BCUT2D eigenvalue weighted by Gasteiger charge is 2.18. The van der Waals surface area contributed by atoms with E-state index in [2.05, 4.69) is 22.6 Å². The van der Waals surface area contributed by atoms with E-state index < -0.39 is 5.97 Å². The van der Waals surface area contributed by atoms with Crippen molar-refractivity contribution in [1.82, 2.24) is 15.5 Å². The molecule has 2 unspecified atom stereocenters. The van der Waals surface area contributed by atoms with E-state index >= 15 is 0 Å². The minimum absolute atomic E-state index is 0.150. The van der Waals surface area contributed by atoms with Crippen LogP contribution in [0.4, 0.5) is 4.79 Å². The van der Waals surface area contributed by atoms with Gasteiger partial charge in [0.25, 0.3) is 0 Å². The van der Waals surface area contributed by atoms with Gasteiger partial charge in [-0.15, -0.1) is 0 Å². The Morgan fingerprint density at radius 2 is 2.21 bits per heavy atom. The number of aliphatic carboxylic acids is 1. The Bertz CT molecular complexity index is 310. The molecule has 1 heterocycles. The Morgan fingerprint density at radius 1 is 1.47 bits per heavy atom. The summed E-state index contributed by atoms with van der Waals surface area (Å²) in [4.78, 5) is 24.5. The summed E-state index contributed by atoms with van der Waals surface area (Å²) >= 11 is 0. The van der Waals surface area contributed by atoms with Gasteiger partial charge in [-0.2, -0.15) is 0 Å². The maximum atomic E-state index is 11.6. The molecule has 0 saturated carbocycles. The van der Waals surface area contributed by atoms with Crippen molar-refractivity contribution in [3.05, 3.63) is 0 Å². The lowest BCUT2D eigenvalue weighted by Gasteiger charge is -2.30. The maximum Gasteiger partial charge on any atom is 0.315 e. The van der Waals surface area contributed by atoms with Crippen molar-refractivity contribution in [2.24, 2.45) is 5.92 Å².